The highest BCUT2D eigenvalue weighted by atomic mass is 16.5. The van der Waals surface area contributed by atoms with Gasteiger partial charge in [-0.2, -0.15) is 0 Å². The number of esters is 1. The number of carbonyl (C=O) groups is 1. The van der Waals surface area contributed by atoms with Gasteiger partial charge < -0.3 is 18.9 Å². The fourth-order valence-corrected chi connectivity index (χ4v) is 5.00. The van der Waals surface area contributed by atoms with Crippen molar-refractivity contribution in [1.82, 2.24) is 4.90 Å². The number of nitrogens with zero attached hydrogens (tertiary/aromatic N) is 1. The molecule has 0 radical (unpaired) electrons. The van der Waals surface area contributed by atoms with Gasteiger partial charge in [0.05, 0.1) is 32.5 Å². The highest BCUT2D eigenvalue weighted by Crippen LogP contribution is 2.30. The lowest BCUT2D eigenvalue weighted by molar-refractivity contribution is -0.0327. The molecule has 0 bridgehead atoms. The number of benzene rings is 2. The van der Waals surface area contributed by atoms with Gasteiger partial charge in [0.2, 0.25) is 0 Å². The standard InChI is InChI=1S/C27H35NO5/c1-30-25-13-12-20(18-26(25)31-2)15-17-32-24-11-7-6-10-23(24)28-16-14-22(19-28)33-27(29)21-8-4-3-5-9-21/h3-5,8-9,12-13,18,22-24H,6-7,10-11,14-17,19H2,1-2H3/t22-,23?,24-/m1/s1. The Morgan fingerprint density at radius 1 is 0.970 bits per heavy atom. The smallest absolute Gasteiger partial charge is 0.338 e. The molecule has 1 heterocycles. The first-order chi connectivity index (χ1) is 16.2. The van der Waals surface area contributed by atoms with E-state index in [1.54, 1.807) is 26.4 Å². The largest absolute Gasteiger partial charge is 0.493 e. The second-order valence-electron chi connectivity index (χ2n) is 8.88. The number of likely N-dealkylation sites (tertiary alicyclic amines) is 1. The third-order valence-corrected chi connectivity index (χ3v) is 6.77. The SMILES string of the molecule is COc1ccc(CCO[C@@H]2CCCCC2N2CC[C@@H](OC(=O)c3ccccc3)C2)cc1OC. The Morgan fingerprint density at radius 2 is 1.76 bits per heavy atom. The lowest BCUT2D eigenvalue weighted by Gasteiger charge is -2.37. The molecule has 0 amide bonds. The van der Waals surface area contributed by atoms with Gasteiger partial charge in [-0.15, -0.1) is 0 Å². The monoisotopic (exact) mass is 453 g/mol. The van der Waals surface area contributed by atoms with Crippen molar-refractivity contribution in [3.63, 3.8) is 0 Å². The molecule has 6 heteroatoms. The van der Waals surface area contributed by atoms with E-state index in [2.05, 4.69) is 11.0 Å². The highest BCUT2D eigenvalue weighted by molar-refractivity contribution is 5.89. The summed E-state index contributed by atoms with van der Waals surface area (Å²) >= 11 is 0. The molecule has 2 aliphatic rings. The average Bonchev–Trinajstić information content (AvgIpc) is 3.33. The van der Waals surface area contributed by atoms with E-state index >= 15 is 0 Å². The molecular formula is C27H35NO5. The zero-order valence-corrected chi connectivity index (χ0v) is 19.7. The molecule has 178 valence electrons. The van der Waals surface area contributed by atoms with Crippen LogP contribution in [0.25, 0.3) is 0 Å². The van der Waals surface area contributed by atoms with Crippen LogP contribution in [0.1, 0.15) is 48.0 Å². The summed E-state index contributed by atoms with van der Waals surface area (Å²) in [6.07, 6.45) is 6.55. The van der Waals surface area contributed by atoms with Crippen LogP contribution in [-0.4, -0.2) is 63.0 Å². The number of hydrogen-bond acceptors (Lipinski definition) is 6. The molecule has 1 aliphatic carbocycles. The van der Waals surface area contributed by atoms with Gasteiger partial charge >= 0.3 is 5.97 Å². The van der Waals surface area contributed by atoms with Gasteiger partial charge in [-0.25, -0.2) is 4.79 Å². The van der Waals surface area contributed by atoms with Gasteiger partial charge in [0.1, 0.15) is 6.10 Å². The maximum atomic E-state index is 12.4. The maximum Gasteiger partial charge on any atom is 0.338 e. The van der Waals surface area contributed by atoms with Crippen LogP contribution in [0, 0.1) is 0 Å². The van der Waals surface area contributed by atoms with Crippen LogP contribution < -0.4 is 9.47 Å². The zero-order valence-electron chi connectivity index (χ0n) is 19.7. The Morgan fingerprint density at radius 3 is 2.55 bits per heavy atom. The summed E-state index contributed by atoms with van der Waals surface area (Å²) in [6.45, 7) is 2.42. The Hall–Kier alpha value is -2.57. The first-order valence-electron chi connectivity index (χ1n) is 12.0. The van der Waals surface area contributed by atoms with E-state index in [1.807, 2.05) is 30.3 Å². The molecule has 33 heavy (non-hydrogen) atoms. The Bertz CT molecular complexity index is 903. The van der Waals surface area contributed by atoms with E-state index in [9.17, 15) is 4.79 Å². The summed E-state index contributed by atoms with van der Waals surface area (Å²) in [6, 6.07) is 15.7. The lowest BCUT2D eigenvalue weighted by Crippen LogP contribution is -2.46. The molecule has 0 N–H and O–H groups in total. The molecule has 1 saturated heterocycles. The summed E-state index contributed by atoms with van der Waals surface area (Å²) in [7, 11) is 3.31. The van der Waals surface area contributed by atoms with Crippen molar-refractivity contribution in [3.8, 4) is 11.5 Å². The number of carbonyl (C=O) groups excluding carboxylic acids is 1. The summed E-state index contributed by atoms with van der Waals surface area (Å²) in [4.78, 5) is 14.9. The van der Waals surface area contributed by atoms with Crippen LogP contribution in [-0.2, 0) is 15.9 Å². The molecule has 2 aromatic carbocycles. The minimum absolute atomic E-state index is 0.0490. The molecule has 2 aromatic rings. The van der Waals surface area contributed by atoms with Crippen LogP contribution in [0.15, 0.2) is 48.5 Å². The summed E-state index contributed by atoms with van der Waals surface area (Å²) in [5.74, 6) is 1.26. The number of rotatable bonds is 9. The predicted molar refractivity (Wildman–Crippen MR) is 127 cm³/mol. The van der Waals surface area contributed by atoms with Crippen molar-refractivity contribution >= 4 is 5.97 Å². The second kappa shape index (κ2) is 11.5. The summed E-state index contributed by atoms with van der Waals surface area (Å²) in [5, 5.41) is 0. The third kappa shape index (κ3) is 6.06. The number of ether oxygens (including phenoxy) is 4. The third-order valence-electron chi connectivity index (χ3n) is 6.77. The fraction of sp³-hybridized carbons (Fsp3) is 0.519. The average molecular weight is 454 g/mol. The van der Waals surface area contributed by atoms with Crippen molar-refractivity contribution in [2.45, 2.75) is 56.8 Å². The minimum atomic E-state index is -0.228. The zero-order chi connectivity index (χ0) is 23.0. The highest BCUT2D eigenvalue weighted by Gasteiger charge is 2.36. The van der Waals surface area contributed by atoms with Gasteiger partial charge in [-0.1, -0.05) is 37.1 Å². The lowest BCUT2D eigenvalue weighted by atomic mass is 9.91. The van der Waals surface area contributed by atoms with Gasteiger partial charge in [0, 0.05) is 19.1 Å². The van der Waals surface area contributed by atoms with Crippen molar-refractivity contribution in [3.05, 3.63) is 59.7 Å². The maximum absolute atomic E-state index is 12.4. The van der Waals surface area contributed by atoms with Crippen molar-refractivity contribution in [2.24, 2.45) is 0 Å². The van der Waals surface area contributed by atoms with Crippen molar-refractivity contribution < 1.29 is 23.7 Å². The predicted octanol–water partition coefficient (Wildman–Crippen LogP) is 4.51. The first-order valence-corrected chi connectivity index (χ1v) is 12.0. The van der Waals surface area contributed by atoms with E-state index in [1.165, 1.54) is 18.4 Å². The van der Waals surface area contributed by atoms with Crippen molar-refractivity contribution in [2.75, 3.05) is 33.9 Å². The fourth-order valence-electron chi connectivity index (χ4n) is 5.00. The van der Waals surface area contributed by atoms with Crippen molar-refractivity contribution in [1.29, 1.82) is 0 Å². The molecule has 1 aliphatic heterocycles. The van der Waals surface area contributed by atoms with Gasteiger partial charge in [-0.3, -0.25) is 4.90 Å². The van der Waals surface area contributed by atoms with Crippen LogP contribution in [0.5, 0.6) is 11.5 Å². The second-order valence-corrected chi connectivity index (χ2v) is 8.88. The summed E-state index contributed by atoms with van der Waals surface area (Å²) < 4.78 is 22.9. The van der Waals surface area contributed by atoms with Gasteiger partial charge in [0.15, 0.2) is 11.5 Å². The molecule has 0 aromatic heterocycles. The number of methoxy groups -OCH3 is 2. The van der Waals surface area contributed by atoms with Crippen LogP contribution >= 0.6 is 0 Å². The summed E-state index contributed by atoms with van der Waals surface area (Å²) in [5.41, 5.74) is 1.79. The van der Waals surface area contributed by atoms with E-state index in [0.717, 1.165) is 50.3 Å². The van der Waals surface area contributed by atoms with Crippen LogP contribution in [0.3, 0.4) is 0 Å². The minimum Gasteiger partial charge on any atom is -0.493 e. The molecule has 3 atom stereocenters. The Labute approximate surface area is 196 Å². The van der Waals surface area contributed by atoms with Gasteiger partial charge in [0.25, 0.3) is 0 Å². The van der Waals surface area contributed by atoms with E-state index in [0.29, 0.717) is 18.2 Å². The molecule has 2 fully saturated rings. The van der Waals surface area contributed by atoms with E-state index in [4.69, 9.17) is 18.9 Å². The molecule has 4 rings (SSSR count). The topological polar surface area (TPSA) is 57.2 Å². The Balaban J connectivity index is 1.28. The number of hydrogen-bond donors (Lipinski definition) is 0. The normalized spacial score (nSPS) is 23.3. The van der Waals surface area contributed by atoms with E-state index < -0.39 is 0 Å². The molecule has 1 unspecified atom stereocenters. The van der Waals surface area contributed by atoms with E-state index in [-0.39, 0.29) is 18.2 Å². The van der Waals surface area contributed by atoms with Gasteiger partial charge in [-0.05, 0) is 55.5 Å². The first kappa shape index (κ1) is 23.6. The van der Waals surface area contributed by atoms with Crippen LogP contribution in [0.2, 0.25) is 0 Å². The quantitative estimate of drug-likeness (QED) is 0.521. The molecule has 6 nitrogen and oxygen atoms in total. The molecular weight excluding hydrogens is 418 g/mol. The molecule has 0 spiro atoms. The Kier molecular flexibility index (Phi) is 8.24. The molecule has 1 saturated carbocycles. The van der Waals surface area contributed by atoms with Crippen LogP contribution in [0.4, 0.5) is 0 Å².